The molecule has 3 rings (SSSR count). The first-order valence-electron chi connectivity index (χ1n) is 6.94. The second-order valence-corrected chi connectivity index (χ2v) is 7.69. The number of nitrogens with one attached hydrogen (secondary N) is 1. The molecule has 0 aliphatic heterocycles. The van der Waals surface area contributed by atoms with Crippen LogP contribution in [0.25, 0.3) is 0 Å². The Bertz CT molecular complexity index is 963. The van der Waals surface area contributed by atoms with Gasteiger partial charge in [0.15, 0.2) is 5.76 Å². The van der Waals surface area contributed by atoms with Gasteiger partial charge in [-0.25, -0.2) is 8.42 Å². The zero-order chi connectivity index (χ0) is 17.2. The molecule has 7 heteroatoms. The smallest absolute Gasteiger partial charge is 0.291 e. The fourth-order valence-corrected chi connectivity index (χ4v) is 3.49. The van der Waals surface area contributed by atoms with Crippen LogP contribution in [0.4, 0.5) is 5.69 Å². The minimum absolute atomic E-state index is 0.0765. The van der Waals surface area contributed by atoms with E-state index in [-0.39, 0.29) is 15.7 Å². The van der Waals surface area contributed by atoms with Crippen LogP contribution in [-0.2, 0) is 9.84 Å². The largest absolute Gasteiger partial charge is 0.439 e. The maximum atomic E-state index is 12.4. The highest BCUT2D eigenvalue weighted by Crippen LogP contribution is 2.23. The van der Waals surface area contributed by atoms with Crippen LogP contribution in [-0.4, -0.2) is 14.3 Å². The zero-order valence-electron chi connectivity index (χ0n) is 12.3. The van der Waals surface area contributed by atoms with E-state index in [4.69, 9.17) is 4.42 Å². The summed E-state index contributed by atoms with van der Waals surface area (Å²) >= 11 is 3.31. The number of hydrogen-bond donors (Lipinski definition) is 1. The van der Waals surface area contributed by atoms with E-state index in [0.29, 0.717) is 5.69 Å². The lowest BCUT2D eigenvalue weighted by molar-refractivity contribution is 0.0991. The lowest BCUT2D eigenvalue weighted by Crippen LogP contribution is -2.10. The molecular formula is C17H12BrNO4S. The summed E-state index contributed by atoms with van der Waals surface area (Å²) in [6.07, 6.45) is 0. The maximum absolute atomic E-state index is 12.4. The van der Waals surface area contributed by atoms with Gasteiger partial charge in [0.2, 0.25) is 14.9 Å². The number of sulfone groups is 1. The van der Waals surface area contributed by atoms with Crippen LogP contribution >= 0.6 is 15.9 Å². The zero-order valence-corrected chi connectivity index (χ0v) is 14.7. The van der Waals surface area contributed by atoms with E-state index in [0.717, 1.165) is 4.47 Å². The SMILES string of the molecule is O=C(Nc1ccc(Br)cc1)c1ccc(S(=O)(=O)c2ccccc2)o1. The van der Waals surface area contributed by atoms with Crippen LogP contribution < -0.4 is 5.32 Å². The molecule has 3 aromatic rings. The number of carbonyl (C=O) groups excluding carboxylic acids is 1. The summed E-state index contributed by atoms with van der Waals surface area (Å²) < 4.78 is 31.0. The molecule has 5 nitrogen and oxygen atoms in total. The number of carbonyl (C=O) groups is 1. The number of anilines is 1. The highest BCUT2D eigenvalue weighted by Gasteiger charge is 2.23. The van der Waals surface area contributed by atoms with Crippen LogP contribution in [0.2, 0.25) is 0 Å². The van der Waals surface area contributed by atoms with E-state index in [9.17, 15) is 13.2 Å². The topological polar surface area (TPSA) is 76.4 Å². The average molecular weight is 406 g/mol. The van der Waals surface area contributed by atoms with Crippen molar-refractivity contribution in [1.29, 1.82) is 0 Å². The van der Waals surface area contributed by atoms with Gasteiger partial charge >= 0.3 is 0 Å². The predicted octanol–water partition coefficient (Wildman–Crippen LogP) is 4.13. The van der Waals surface area contributed by atoms with Crippen molar-refractivity contribution in [1.82, 2.24) is 0 Å². The first kappa shape index (κ1) is 16.5. The standard InChI is InChI=1S/C17H12BrNO4S/c18-12-6-8-13(9-7-12)19-17(20)15-10-11-16(23-15)24(21,22)14-4-2-1-3-5-14/h1-11H,(H,19,20). The van der Waals surface area contributed by atoms with Crippen molar-refractivity contribution in [3.05, 3.63) is 77.0 Å². The first-order chi connectivity index (χ1) is 11.5. The minimum atomic E-state index is -3.78. The van der Waals surface area contributed by atoms with Crippen molar-refractivity contribution < 1.29 is 17.6 Å². The van der Waals surface area contributed by atoms with E-state index in [2.05, 4.69) is 21.2 Å². The summed E-state index contributed by atoms with van der Waals surface area (Å²) in [6.45, 7) is 0. The molecular weight excluding hydrogens is 394 g/mol. The fourth-order valence-electron chi connectivity index (χ4n) is 2.03. The molecule has 0 saturated carbocycles. The second-order valence-electron chi connectivity index (χ2n) is 4.90. The number of rotatable bonds is 4. The van der Waals surface area contributed by atoms with Gasteiger partial charge in [-0.15, -0.1) is 0 Å². The van der Waals surface area contributed by atoms with Crippen molar-refractivity contribution in [3.63, 3.8) is 0 Å². The summed E-state index contributed by atoms with van der Waals surface area (Å²) in [5.41, 5.74) is 0.576. The molecule has 0 saturated heterocycles. The van der Waals surface area contributed by atoms with E-state index < -0.39 is 15.7 Å². The Morgan fingerprint density at radius 1 is 0.917 bits per heavy atom. The van der Waals surface area contributed by atoms with Crippen molar-refractivity contribution in [2.45, 2.75) is 9.99 Å². The molecule has 0 bridgehead atoms. The number of benzene rings is 2. The van der Waals surface area contributed by atoms with Gasteiger partial charge in [-0.1, -0.05) is 34.1 Å². The van der Waals surface area contributed by atoms with Crippen molar-refractivity contribution in [2.24, 2.45) is 0 Å². The van der Waals surface area contributed by atoms with Crippen LogP contribution in [0.3, 0.4) is 0 Å². The van der Waals surface area contributed by atoms with Gasteiger partial charge in [0, 0.05) is 10.2 Å². The van der Waals surface area contributed by atoms with Gasteiger partial charge in [0.05, 0.1) is 4.90 Å². The molecule has 0 atom stereocenters. The molecule has 0 aliphatic rings. The molecule has 1 amide bonds. The van der Waals surface area contributed by atoms with Crippen LogP contribution in [0.15, 0.2) is 85.6 Å². The van der Waals surface area contributed by atoms with E-state index in [1.54, 1.807) is 42.5 Å². The molecule has 2 aromatic carbocycles. The van der Waals surface area contributed by atoms with E-state index >= 15 is 0 Å². The summed E-state index contributed by atoms with van der Waals surface area (Å²) in [7, 11) is -3.78. The molecule has 1 N–H and O–H groups in total. The van der Waals surface area contributed by atoms with E-state index in [1.165, 1.54) is 24.3 Å². The predicted molar refractivity (Wildman–Crippen MR) is 92.7 cm³/mol. The monoisotopic (exact) mass is 405 g/mol. The second kappa shape index (κ2) is 6.62. The summed E-state index contributed by atoms with van der Waals surface area (Å²) in [6, 6.07) is 17.5. The summed E-state index contributed by atoms with van der Waals surface area (Å²) in [4.78, 5) is 12.3. The van der Waals surface area contributed by atoms with Crippen molar-refractivity contribution >= 4 is 37.4 Å². The molecule has 1 heterocycles. The molecule has 1 aromatic heterocycles. The highest BCUT2D eigenvalue weighted by molar-refractivity contribution is 9.10. The Kier molecular flexibility index (Phi) is 4.55. The maximum Gasteiger partial charge on any atom is 0.291 e. The van der Waals surface area contributed by atoms with Gasteiger partial charge in [-0.2, -0.15) is 0 Å². The Balaban J connectivity index is 1.82. The van der Waals surface area contributed by atoms with Gasteiger partial charge in [0.1, 0.15) is 0 Å². The van der Waals surface area contributed by atoms with Gasteiger partial charge in [0.25, 0.3) is 5.91 Å². The minimum Gasteiger partial charge on any atom is -0.439 e. The first-order valence-corrected chi connectivity index (χ1v) is 9.21. The van der Waals surface area contributed by atoms with Gasteiger partial charge in [-0.3, -0.25) is 4.79 Å². The van der Waals surface area contributed by atoms with Crippen molar-refractivity contribution in [2.75, 3.05) is 5.32 Å². The third-order valence-corrected chi connectivity index (χ3v) is 5.40. The molecule has 0 fully saturated rings. The third kappa shape index (κ3) is 3.42. The Morgan fingerprint density at radius 2 is 1.58 bits per heavy atom. The lowest BCUT2D eigenvalue weighted by atomic mass is 10.3. The average Bonchev–Trinajstić information content (AvgIpc) is 3.09. The van der Waals surface area contributed by atoms with Crippen LogP contribution in [0.1, 0.15) is 10.6 Å². The highest BCUT2D eigenvalue weighted by atomic mass is 79.9. The van der Waals surface area contributed by atoms with Crippen LogP contribution in [0.5, 0.6) is 0 Å². The normalized spacial score (nSPS) is 11.2. The number of halogens is 1. The Labute approximate surface area is 147 Å². The Morgan fingerprint density at radius 3 is 2.25 bits per heavy atom. The number of furan rings is 1. The molecule has 0 aliphatic carbocycles. The number of hydrogen-bond acceptors (Lipinski definition) is 4. The lowest BCUT2D eigenvalue weighted by Gasteiger charge is -2.03. The summed E-state index contributed by atoms with van der Waals surface area (Å²) in [5, 5.41) is 2.37. The molecule has 24 heavy (non-hydrogen) atoms. The van der Waals surface area contributed by atoms with Gasteiger partial charge in [-0.05, 0) is 48.5 Å². The van der Waals surface area contributed by atoms with Gasteiger partial charge < -0.3 is 9.73 Å². The summed E-state index contributed by atoms with van der Waals surface area (Å²) in [5.74, 6) is -0.598. The Hall–Kier alpha value is -2.38. The van der Waals surface area contributed by atoms with Crippen LogP contribution in [0, 0.1) is 0 Å². The van der Waals surface area contributed by atoms with E-state index in [1.807, 2.05) is 0 Å². The van der Waals surface area contributed by atoms with Crippen molar-refractivity contribution in [3.8, 4) is 0 Å². The fraction of sp³-hybridized carbons (Fsp3) is 0. The number of amides is 1. The molecule has 0 unspecified atom stereocenters. The molecule has 122 valence electrons. The molecule has 0 spiro atoms. The molecule has 0 radical (unpaired) electrons. The third-order valence-electron chi connectivity index (χ3n) is 3.23. The quantitative estimate of drug-likeness (QED) is 0.707.